The molecular weight excluding hydrogens is 424 g/mol. The largest absolute Gasteiger partial charge is 0.492 e. The molecule has 0 bridgehead atoms. The van der Waals surface area contributed by atoms with Crippen LogP contribution in [0, 0.1) is 0 Å². The maximum Gasteiger partial charge on any atom is 0.269 e. The van der Waals surface area contributed by atoms with Crippen LogP contribution in [0.2, 0.25) is 0 Å². The first-order valence-corrected chi connectivity index (χ1v) is 12.0. The second kappa shape index (κ2) is 11.5. The highest BCUT2D eigenvalue weighted by Gasteiger charge is 2.11. The average molecular weight is 457 g/mol. The third kappa shape index (κ3) is 5.81. The molecule has 1 atom stereocenters. The number of rotatable bonds is 11. The SMILES string of the molecule is CCC(C)c1ccc(OCCn2c(CCCNC(=O)c3ccccn3)nc3ccccc32)cc1. The van der Waals surface area contributed by atoms with Gasteiger partial charge in [-0.2, -0.15) is 0 Å². The van der Waals surface area contributed by atoms with Crippen molar-refractivity contribution >= 4 is 16.9 Å². The Morgan fingerprint density at radius 3 is 2.62 bits per heavy atom. The zero-order valence-electron chi connectivity index (χ0n) is 19.9. The Morgan fingerprint density at radius 2 is 1.85 bits per heavy atom. The first-order chi connectivity index (χ1) is 16.7. The van der Waals surface area contributed by atoms with E-state index in [1.807, 2.05) is 24.3 Å². The van der Waals surface area contributed by atoms with E-state index in [9.17, 15) is 4.79 Å². The number of nitrogens with zero attached hydrogens (tertiary/aromatic N) is 3. The molecule has 0 saturated heterocycles. The lowest BCUT2D eigenvalue weighted by Crippen LogP contribution is -2.25. The third-order valence-electron chi connectivity index (χ3n) is 6.14. The lowest BCUT2D eigenvalue weighted by molar-refractivity contribution is 0.0948. The van der Waals surface area contributed by atoms with Crippen LogP contribution in [0.5, 0.6) is 5.75 Å². The topological polar surface area (TPSA) is 69.0 Å². The molecular formula is C28H32N4O2. The number of imidazole rings is 1. The summed E-state index contributed by atoms with van der Waals surface area (Å²) in [5.74, 6) is 2.30. The quantitative estimate of drug-likeness (QED) is 0.307. The van der Waals surface area contributed by atoms with Crippen molar-refractivity contribution in [1.82, 2.24) is 19.9 Å². The Kier molecular flexibility index (Phi) is 7.91. The van der Waals surface area contributed by atoms with Crippen LogP contribution in [0.15, 0.2) is 72.9 Å². The zero-order chi connectivity index (χ0) is 23.8. The lowest BCUT2D eigenvalue weighted by atomic mass is 9.99. The van der Waals surface area contributed by atoms with Gasteiger partial charge in [0.25, 0.3) is 5.91 Å². The average Bonchev–Trinajstić information content (AvgIpc) is 3.24. The Labute approximate surface area is 201 Å². The number of pyridine rings is 1. The van der Waals surface area contributed by atoms with Crippen molar-refractivity contribution < 1.29 is 9.53 Å². The molecule has 2 heterocycles. The molecule has 0 saturated carbocycles. The summed E-state index contributed by atoms with van der Waals surface area (Å²) in [4.78, 5) is 21.1. The van der Waals surface area contributed by atoms with E-state index in [-0.39, 0.29) is 5.91 Å². The van der Waals surface area contributed by atoms with Crippen molar-refractivity contribution in [3.05, 3.63) is 90.0 Å². The highest BCUT2D eigenvalue weighted by molar-refractivity contribution is 5.92. The molecule has 0 radical (unpaired) electrons. The van der Waals surface area contributed by atoms with Gasteiger partial charge >= 0.3 is 0 Å². The molecule has 2 aromatic heterocycles. The first kappa shape index (κ1) is 23.5. The molecule has 1 N–H and O–H groups in total. The molecule has 4 aromatic rings. The molecule has 4 rings (SSSR count). The van der Waals surface area contributed by atoms with Crippen LogP contribution in [0.25, 0.3) is 11.0 Å². The fourth-order valence-corrected chi connectivity index (χ4v) is 3.98. The number of hydrogen-bond donors (Lipinski definition) is 1. The number of ether oxygens (including phenoxy) is 1. The van der Waals surface area contributed by atoms with Crippen molar-refractivity contribution in [2.24, 2.45) is 0 Å². The van der Waals surface area contributed by atoms with Gasteiger partial charge in [0.15, 0.2) is 0 Å². The fourth-order valence-electron chi connectivity index (χ4n) is 3.98. The van der Waals surface area contributed by atoms with Gasteiger partial charge in [0.05, 0.1) is 17.6 Å². The summed E-state index contributed by atoms with van der Waals surface area (Å²) in [6.07, 6.45) is 4.31. The first-order valence-electron chi connectivity index (χ1n) is 12.0. The van der Waals surface area contributed by atoms with Gasteiger partial charge in [-0.05, 0) is 60.7 Å². The van der Waals surface area contributed by atoms with Gasteiger partial charge in [-0.1, -0.05) is 44.2 Å². The molecule has 2 aromatic carbocycles. The maximum atomic E-state index is 12.2. The molecule has 1 unspecified atom stereocenters. The number of aryl methyl sites for hydroxylation is 1. The number of amides is 1. The van der Waals surface area contributed by atoms with Crippen LogP contribution in [0.3, 0.4) is 0 Å². The predicted molar refractivity (Wildman–Crippen MR) is 135 cm³/mol. The Bertz CT molecular complexity index is 1200. The minimum Gasteiger partial charge on any atom is -0.492 e. The van der Waals surface area contributed by atoms with Crippen molar-refractivity contribution in [3.63, 3.8) is 0 Å². The zero-order valence-corrected chi connectivity index (χ0v) is 19.9. The minimum absolute atomic E-state index is 0.151. The number of aromatic nitrogens is 3. The van der Waals surface area contributed by atoms with Crippen LogP contribution in [-0.4, -0.2) is 33.6 Å². The molecule has 34 heavy (non-hydrogen) atoms. The molecule has 6 heteroatoms. The summed E-state index contributed by atoms with van der Waals surface area (Å²) in [5.41, 5.74) is 3.86. The molecule has 0 spiro atoms. The van der Waals surface area contributed by atoms with Crippen LogP contribution in [-0.2, 0) is 13.0 Å². The van der Waals surface area contributed by atoms with E-state index in [4.69, 9.17) is 9.72 Å². The Balaban J connectivity index is 1.35. The summed E-state index contributed by atoms with van der Waals surface area (Å²) >= 11 is 0. The minimum atomic E-state index is -0.151. The summed E-state index contributed by atoms with van der Waals surface area (Å²) in [5, 5.41) is 2.94. The van der Waals surface area contributed by atoms with Crippen LogP contribution in [0.1, 0.15) is 54.5 Å². The summed E-state index contributed by atoms with van der Waals surface area (Å²) in [6, 6.07) is 21.9. The summed E-state index contributed by atoms with van der Waals surface area (Å²) in [7, 11) is 0. The summed E-state index contributed by atoms with van der Waals surface area (Å²) < 4.78 is 8.27. The van der Waals surface area contributed by atoms with Gasteiger partial charge in [-0.15, -0.1) is 0 Å². The number of carbonyl (C=O) groups excluding carboxylic acids is 1. The van der Waals surface area contributed by atoms with Gasteiger partial charge in [0.1, 0.15) is 23.9 Å². The standard InChI is InChI=1S/C28H32N4O2/c1-3-21(2)22-13-15-23(16-14-22)34-20-19-32-26-11-5-4-9-24(26)31-27(32)12-8-18-30-28(33)25-10-6-7-17-29-25/h4-7,9-11,13-17,21H,3,8,12,18-20H2,1-2H3,(H,30,33). The van der Waals surface area contributed by atoms with E-state index in [1.165, 1.54) is 5.56 Å². The van der Waals surface area contributed by atoms with E-state index in [1.54, 1.807) is 18.3 Å². The second-order valence-electron chi connectivity index (χ2n) is 8.47. The number of fused-ring (bicyclic) bond motifs is 1. The van der Waals surface area contributed by atoms with Crippen molar-refractivity contribution in [1.29, 1.82) is 0 Å². The van der Waals surface area contributed by atoms with E-state index in [0.717, 1.165) is 41.9 Å². The number of carbonyl (C=O) groups is 1. The van der Waals surface area contributed by atoms with E-state index < -0.39 is 0 Å². The van der Waals surface area contributed by atoms with Crippen LogP contribution >= 0.6 is 0 Å². The molecule has 0 aliphatic heterocycles. The predicted octanol–water partition coefficient (Wildman–Crippen LogP) is 5.39. The third-order valence-corrected chi connectivity index (χ3v) is 6.14. The van der Waals surface area contributed by atoms with Crippen LogP contribution < -0.4 is 10.1 Å². The molecule has 176 valence electrons. The Morgan fingerprint density at radius 1 is 1.06 bits per heavy atom. The van der Waals surface area contributed by atoms with E-state index in [2.05, 4.69) is 59.0 Å². The van der Waals surface area contributed by atoms with Gasteiger partial charge < -0.3 is 14.6 Å². The maximum absolute atomic E-state index is 12.2. The smallest absolute Gasteiger partial charge is 0.269 e. The van der Waals surface area contributed by atoms with Crippen molar-refractivity contribution in [2.45, 2.75) is 45.6 Å². The molecule has 6 nitrogen and oxygen atoms in total. The fraction of sp³-hybridized carbons (Fsp3) is 0.321. The number of hydrogen-bond acceptors (Lipinski definition) is 4. The Hall–Kier alpha value is -3.67. The van der Waals surface area contributed by atoms with Crippen molar-refractivity contribution in [2.75, 3.05) is 13.2 Å². The highest BCUT2D eigenvalue weighted by Crippen LogP contribution is 2.22. The van der Waals surface area contributed by atoms with Crippen LogP contribution in [0.4, 0.5) is 0 Å². The van der Waals surface area contributed by atoms with Gasteiger partial charge in [-0.25, -0.2) is 4.98 Å². The molecule has 0 fully saturated rings. The molecule has 0 aliphatic carbocycles. The normalized spacial score (nSPS) is 11.9. The molecule has 0 aliphatic rings. The second-order valence-corrected chi connectivity index (χ2v) is 8.47. The number of nitrogens with one attached hydrogen (secondary N) is 1. The summed E-state index contributed by atoms with van der Waals surface area (Å²) in [6.45, 7) is 6.29. The van der Waals surface area contributed by atoms with Crippen molar-refractivity contribution in [3.8, 4) is 5.75 Å². The number of benzene rings is 2. The van der Waals surface area contributed by atoms with Gasteiger partial charge in [-0.3, -0.25) is 9.78 Å². The van der Waals surface area contributed by atoms with Gasteiger partial charge in [0, 0.05) is 19.2 Å². The molecule has 1 amide bonds. The van der Waals surface area contributed by atoms with E-state index >= 15 is 0 Å². The number of para-hydroxylation sites is 2. The van der Waals surface area contributed by atoms with Gasteiger partial charge in [0.2, 0.25) is 0 Å². The van der Waals surface area contributed by atoms with E-state index in [0.29, 0.717) is 31.3 Å². The monoisotopic (exact) mass is 456 g/mol. The lowest BCUT2D eigenvalue weighted by Gasteiger charge is -2.13. The highest BCUT2D eigenvalue weighted by atomic mass is 16.5.